The number of hydrogen-bond acceptors (Lipinski definition) is 4. The molecular formula is C13H15BrN2O2S2. The van der Waals surface area contributed by atoms with E-state index in [0.717, 1.165) is 14.9 Å². The van der Waals surface area contributed by atoms with Crippen LogP contribution in [-0.2, 0) is 23.0 Å². The Morgan fingerprint density at radius 3 is 2.60 bits per heavy atom. The zero-order valence-electron chi connectivity index (χ0n) is 11.0. The van der Waals surface area contributed by atoms with E-state index in [1.807, 2.05) is 23.6 Å². The van der Waals surface area contributed by atoms with Crippen LogP contribution < -0.4 is 0 Å². The summed E-state index contributed by atoms with van der Waals surface area (Å²) in [6, 6.07) is 5.62. The molecule has 0 aliphatic heterocycles. The van der Waals surface area contributed by atoms with Gasteiger partial charge >= 0.3 is 0 Å². The fraction of sp³-hybridized carbons (Fsp3) is 0.308. The van der Waals surface area contributed by atoms with E-state index in [0.29, 0.717) is 13.0 Å². The fourth-order valence-electron chi connectivity index (χ4n) is 1.74. The van der Waals surface area contributed by atoms with Gasteiger partial charge < -0.3 is 0 Å². The molecular weight excluding hydrogens is 360 g/mol. The Hall–Kier alpha value is -0.760. The average molecular weight is 375 g/mol. The van der Waals surface area contributed by atoms with E-state index < -0.39 is 10.0 Å². The molecule has 0 aromatic carbocycles. The van der Waals surface area contributed by atoms with Crippen molar-refractivity contribution in [2.45, 2.75) is 13.0 Å². The Balaban J connectivity index is 1.95. The maximum Gasteiger partial charge on any atom is 0.214 e. The summed E-state index contributed by atoms with van der Waals surface area (Å²) in [5.41, 5.74) is 1.98. The largest absolute Gasteiger partial charge is 0.265 e. The van der Waals surface area contributed by atoms with Gasteiger partial charge in [-0.2, -0.15) is 0 Å². The monoisotopic (exact) mass is 374 g/mol. The fourth-order valence-corrected chi connectivity index (χ4v) is 4.09. The first-order valence-electron chi connectivity index (χ1n) is 6.03. The van der Waals surface area contributed by atoms with Crippen LogP contribution in [0.4, 0.5) is 0 Å². The smallest absolute Gasteiger partial charge is 0.214 e. The number of aryl methyl sites for hydroxylation is 1. The van der Waals surface area contributed by atoms with Crippen molar-refractivity contribution in [2.75, 3.05) is 12.8 Å². The molecule has 0 aliphatic carbocycles. The first kappa shape index (κ1) is 15.6. The molecule has 0 aliphatic rings. The molecule has 0 atom stereocenters. The van der Waals surface area contributed by atoms with E-state index >= 15 is 0 Å². The molecule has 0 fully saturated rings. The van der Waals surface area contributed by atoms with Crippen molar-refractivity contribution < 1.29 is 8.42 Å². The van der Waals surface area contributed by atoms with Crippen LogP contribution in [-0.4, -0.2) is 30.5 Å². The Labute approximate surface area is 131 Å². The van der Waals surface area contributed by atoms with Crippen molar-refractivity contribution in [1.82, 2.24) is 9.29 Å². The third-order valence-corrected chi connectivity index (χ3v) is 6.25. The highest BCUT2D eigenvalue weighted by Gasteiger charge is 2.18. The van der Waals surface area contributed by atoms with Gasteiger partial charge in [-0.3, -0.25) is 4.98 Å². The van der Waals surface area contributed by atoms with Crippen molar-refractivity contribution in [3.05, 3.63) is 50.9 Å². The molecule has 2 aromatic heterocycles. The number of halogens is 1. The van der Waals surface area contributed by atoms with Gasteiger partial charge in [-0.25, -0.2) is 12.7 Å². The highest BCUT2D eigenvalue weighted by atomic mass is 79.9. The summed E-state index contributed by atoms with van der Waals surface area (Å²) in [6.07, 6.45) is 3.85. The highest BCUT2D eigenvalue weighted by Crippen LogP contribution is 2.22. The summed E-state index contributed by atoms with van der Waals surface area (Å²) in [7, 11) is -1.63. The minimum absolute atomic E-state index is 0.110. The molecule has 108 valence electrons. The minimum Gasteiger partial charge on any atom is -0.265 e. The second kappa shape index (κ2) is 6.80. The normalized spacial score (nSPS) is 11.9. The highest BCUT2D eigenvalue weighted by molar-refractivity contribution is 9.11. The second-order valence-electron chi connectivity index (χ2n) is 4.44. The molecule has 7 heteroatoms. The molecule has 0 spiro atoms. The van der Waals surface area contributed by atoms with Crippen LogP contribution in [0.5, 0.6) is 0 Å². The molecule has 0 saturated heterocycles. The summed E-state index contributed by atoms with van der Waals surface area (Å²) >= 11 is 4.93. The average Bonchev–Trinajstić information content (AvgIpc) is 2.83. The lowest BCUT2D eigenvalue weighted by atomic mass is 10.2. The van der Waals surface area contributed by atoms with Gasteiger partial charge in [0.25, 0.3) is 0 Å². The van der Waals surface area contributed by atoms with Crippen LogP contribution in [0, 0.1) is 0 Å². The molecule has 0 saturated carbocycles. The van der Waals surface area contributed by atoms with Gasteiger partial charge in [-0.15, -0.1) is 11.3 Å². The van der Waals surface area contributed by atoms with E-state index in [1.54, 1.807) is 30.8 Å². The molecule has 2 aromatic rings. The maximum absolute atomic E-state index is 12.2. The summed E-state index contributed by atoms with van der Waals surface area (Å²) in [4.78, 5) is 3.92. The van der Waals surface area contributed by atoms with Crippen LogP contribution in [0.1, 0.15) is 11.1 Å². The van der Waals surface area contributed by atoms with Gasteiger partial charge in [0.15, 0.2) is 0 Å². The third kappa shape index (κ3) is 4.37. The number of sulfonamides is 1. The number of nitrogens with zero attached hydrogens (tertiary/aromatic N) is 2. The van der Waals surface area contributed by atoms with Crippen LogP contribution in [0.25, 0.3) is 0 Å². The summed E-state index contributed by atoms with van der Waals surface area (Å²) < 4.78 is 26.8. The van der Waals surface area contributed by atoms with Crippen LogP contribution >= 0.6 is 27.3 Å². The third-order valence-electron chi connectivity index (χ3n) is 2.90. The Bertz CT molecular complexity index is 656. The van der Waals surface area contributed by atoms with Crippen LogP contribution in [0.15, 0.2) is 39.8 Å². The van der Waals surface area contributed by atoms with E-state index in [-0.39, 0.29) is 5.75 Å². The van der Waals surface area contributed by atoms with Gasteiger partial charge in [0, 0.05) is 26.0 Å². The molecule has 0 bridgehead atoms. The minimum atomic E-state index is -3.25. The molecule has 4 nitrogen and oxygen atoms in total. The first-order chi connectivity index (χ1) is 9.47. The van der Waals surface area contributed by atoms with Gasteiger partial charge in [0.2, 0.25) is 10.0 Å². The summed E-state index contributed by atoms with van der Waals surface area (Å²) in [5, 5.41) is 1.96. The molecule has 0 amide bonds. The van der Waals surface area contributed by atoms with E-state index in [2.05, 4.69) is 20.9 Å². The predicted octanol–water partition coefficient (Wildman–Crippen LogP) is 2.91. The topological polar surface area (TPSA) is 50.3 Å². The van der Waals surface area contributed by atoms with Crippen LogP contribution in [0.3, 0.4) is 0 Å². The molecule has 0 unspecified atom stereocenters. The standard InChI is InChI=1S/C13H15BrN2O2S2/c1-16(9-12-8-13(14)19-10-12)20(17,18)7-4-11-2-5-15-6-3-11/h2-3,5-6,8,10H,4,7,9H2,1H3. The lowest BCUT2D eigenvalue weighted by molar-refractivity contribution is 0.467. The second-order valence-corrected chi connectivity index (χ2v) is 8.92. The van der Waals surface area contributed by atoms with Gasteiger partial charge in [0.1, 0.15) is 0 Å². The number of thiophene rings is 1. The Kier molecular flexibility index (Phi) is 5.31. The van der Waals surface area contributed by atoms with Crippen molar-refractivity contribution in [3.8, 4) is 0 Å². The van der Waals surface area contributed by atoms with Crippen molar-refractivity contribution in [1.29, 1.82) is 0 Å². The molecule has 2 rings (SSSR count). The molecule has 20 heavy (non-hydrogen) atoms. The first-order valence-corrected chi connectivity index (χ1v) is 9.31. The Morgan fingerprint density at radius 2 is 2.00 bits per heavy atom. The quantitative estimate of drug-likeness (QED) is 0.780. The van der Waals surface area contributed by atoms with E-state index in [4.69, 9.17) is 0 Å². The van der Waals surface area contributed by atoms with Gasteiger partial charge in [0.05, 0.1) is 9.54 Å². The van der Waals surface area contributed by atoms with Gasteiger partial charge in [-0.05, 0) is 57.1 Å². The van der Waals surface area contributed by atoms with E-state index in [9.17, 15) is 8.42 Å². The predicted molar refractivity (Wildman–Crippen MR) is 85.2 cm³/mol. The zero-order chi connectivity index (χ0) is 14.6. The maximum atomic E-state index is 12.2. The number of rotatable bonds is 6. The number of pyridine rings is 1. The summed E-state index contributed by atoms with van der Waals surface area (Å²) in [6.45, 7) is 0.404. The van der Waals surface area contributed by atoms with E-state index in [1.165, 1.54) is 4.31 Å². The SMILES string of the molecule is CN(Cc1csc(Br)c1)S(=O)(=O)CCc1ccncc1. The molecule has 0 radical (unpaired) electrons. The number of hydrogen-bond donors (Lipinski definition) is 0. The lowest BCUT2D eigenvalue weighted by Crippen LogP contribution is -2.29. The van der Waals surface area contributed by atoms with Crippen molar-refractivity contribution >= 4 is 37.3 Å². The lowest BCUT2D eigenvalue weighted by Gasteiger charge is -2.16. The van der Waals surface area contributed by atoms with Gasteiger partial charge in [-0.1, -0.05) is 0 Å². The van der Waals surface area contributed by atoms with Crippen molar-refractivity contribution in [3.63, 3.8) is 0 Å². The zero-order valence-corrected chi connectivity index (χ0v) is 14.2. The molecule has 2 heterocycles. The van der Waals surface area contributed by atoms with Crippen LogP contribution in [0.2, 0.25) is 0 Å². The Morgan fingerprint density at radius 1 is 1.30 bits per heavy atom. The molecule has 0 N–H and O–H groups in total. The van der Waals surface area contributed by atoms with Crippen molar-refractivity contribution in [2.24, 2.45) is 0 Å². The summed E-state index contributed by atoms with van der Waals surface area (Å²) in [5.74, 6) is 0.110. The number of aromatic nitrogens is 1.